The molecular weight excluding hydrogens is 804 g/mol. The second-order valence-electron chi connectivity index (χ2n) is 11.3. The van der Waals surface area contributed by atoms with Crippen LogP contribution in [0.5, 0.6) is 17.4 Å². The summed E-state index contributed by atoms with van der Waals surface area (Å²) in [5.74, 6) is -1.33. The largest absolute Gasteiger partial charge is 0.454 e. The molecule has 0 spiro atoms. The Morgan fingerprint density at radius 2 is 1.65 bits per heavy atom. The molecule has 0 N–H and O–H groups in total. The molecule has 16 heteroatoms. The SMILES string of the molecule is CC1(C)C(/C=C(\Cl)c2ccc(Cl)cc2)C1C(=O)OC(C#N)c1ccc(F)c(Oc2ccccc2)c1.COP(=S)(OC)Oc1nc(Cl)c(Cl)cc1Cl. The zero-order chi connectivity index (χ0) is 37.5. The molecule has 1 aliphatic rings. The third-order valence-corrected chi connectivity index (χ3v) is 11.6. The van der Waals surface area contributed by atoms with Gasteiger partial charge in [-0.05, 0) is 59.4 Å². The molecule has 0 amide bonds. The summed E-state index contributed by atoms with van der Waals surface area (Å²) in [6, 6.07) is 23.2. The van der Waals surface area contributed by atoms with E-state index in [9.17, 15) is 14.4 Å². The summed E-state index contributed by atoms with van der Waals surface area (Å²) in [7, 11) is 2.74. The van der Waals surface area contributed by atoms with Crippen LogP contribution in [-0.2, 0) is 30.4 Å². The lowest BCUT2D eigenvalue weighted by Crippen LogP contribution is -2.14. The molecule has 1 aromatic heterocycles. The Kier molecular flexibility index (Phi) is 14.2. The van der Waals surface area contributed by atoms with Gasteiger partial charge in [-0.15, -0.1) is 0 Å². The van der Waals surface area contributed by atoms with Crippen molar-refractivity contribution in [2.24, 2.45) is 17.3 Å². The van der Waals surface area contributed by atoms with Crippen LogP contribution in [0.4, 0.5) is 4.39 Å². The number of halogens is 6. The van der Waals surface area contributed by atoms with Gasteiger partial charge in [0.25, 0.3) is 0 Å². The van der Waals surface area contributed by atoms with Crippen LogP contribution in [-0.4, -0.2) is 25.2 Å². The standard InChI is InChI=1S/C28H22Cl2FNO3.C7H7Cl3NO3PS/c1-28(2)21(15-22(30)17-8-11-19(29)12-9-17)26(28)27(33)35-25(16-32)18-10-13-23(31)24(14-18)34-20-6-4-3-5-7-20;1-12-15(16,13-2)14-7-5(9)3-4(8)6(10)11-7/h3-15,21,25-26H,1-2H3;3H,1-2H3/b22-15-;. The van der Waals surface area contributed by atoms with E-state index in [1.165, 1.54) is 38.5 Å². The quantitative estimate of drug-likeness (QED) is 0.0830. The smallest absolute Gasteiger partial charge is 0.381 e. The Bertz CT molecular complexity index is 1990. The summed E-state index contributed by atoms with van der Waals surface area (Å²) >= 11 is 34.7. The van der Waals surface area contributed by atoms with Crippen LogP contribution >= 0.6 is 64.7 Å². The van der Waals surface area contributed by atoms with Crippen LogP contribution in [0.2, 0.25) is 20.2 Å². The summed E-state index contributed by atoms with van der Waals surface area (Å²) in [6.07, 6.45) is 0.621. The topological polar surface area (TPSA) is 99.9 Å². The maximum Gasteiger partial charge on any atom is 0.381 e. The molecule has 3 aromatic carbocycles. The number of rotatable bonds is 11. The summed E-state index contributed by atoms with van der Waals surface area (Å²) in [5.41, 5.74) is 0.713. The normalized spacial score (nSPS) is 16.9. The third-order valence-electron chi connectivity index (χ3n) is 7.69. The highest BCUT2D eigenvalue weighted by Crippen LogP contribution is 2.60. The van der Waals surface area contributed by atoms with Gasteiger partial charge in [-0.25, -0.2) is 4.39 Å². The average Bonchev–Trinajstić information content (AvgIpc) is 3.66. The van der Waals surface area contributed by atoms with Crippen LogP contribution in [0.1, 0.15) is 31.1 Å². The second-order valence-corrected chi connectivity index (χ2v) is 16.5. The lowest BCUT2D eigenvalue weighted by atomic mass is 10.1. The van der Waals surface area contributed by atoms with E-state index in [4.69, 9.17) is 92.9 Å². The number of benzene rings is 3. The summed E-state index contributed by atoms with van der Waals surface area (Å²) in [4.78, 5) is 16.8. The van der Waals surface area contributed by atoms with Gasteiger partial charge < -0.3 is 23.0 Å². The molecule has 4 aromatic rings. The Morgan fingerprint density at radius 3 is 2.25 bits per heavy atom. The van der Waals surface area contributed by atoms with E-state index in [-0.39, 0.29) is 32.7 Å². The highest BCUT2D eigenvalue weighted by molar-refractivity contribution is 8.07. The number of carbonyl (C=O) groups is 1. The van der Waals surface area contributed by atoms with Crippen molar-refractivity contribution >= 4 is 87.5 Å². The number of hydrogen-bond donors (Lipinski definition) is 0. The van der Waals surface area contributed by atoms with Gasteiger partial charge in [-0.3, -0.25) is 4.79 Å². The molecule has 1 aliphatic carbocycles. The Morgan fingerprint density at radius 1 is 1.00 bits per heavy atom. The molecule has 3 unspecified atom stereocenters. The molecule has 0 bridgehead atoms. The van der Waals surface area contributed by atoms with Crippen LogP contribution in [0.15, 0.2) is 84.9 Å². The van der Waals surface area contributed by atoms with Crippen molar-refractivity contribution in [2.75, 3.05) is 14.2 Å². The highest BCUT2D eigenvalue weighted by atomic mass is 35.5. The van der Waals surface area contributed by atoms with Crippen molar-refractivity contribution in [3.05, 3.63) is 122 Å². The molecule has 0 radical (unpaired) electrons. The zero-order valence-electron chi connectivity index (χ0n) is 27.3. The van der Waals surface area contributed by atoms with Crippen molar-refractivity contribution < 1.29 is 32.2 Å². The maximum atomic E-state index is 14.3. The number of carbonyl (C=O) groups excluding carboxylic acids is 1. The Balaban J connectivity index is 0.000000306. The van der Waals surface area contributed by atoms with Gasteiger partial charge in [0, 0.05) is 41.6 Å². The predicted octanol–water partition coefficient (Wildman–Crippen LogP) is 11.9. The minimum absolute atomic E-state index is 0.0306. The fraction of sp³-hybridized carbons (Fsp3) is 0.229. The van der Waals surface area contributed by atoms with E-state index in [0.29, 0.717) is 21.4 Å². The number of nitriles is 1. The van der Waals surface area contributed by atoms with Gasteiger partial charge in [0.1, 0.15) is 16.8 Å². The lowest BCUT2D eigenvalue weighted by Gasteiger charge is -2.18. The number of pyridine rings is 1. The molecular formula is C35H29Cl5FN2O6PS. The monoisotopic (exact) mass is 830 g/mol. The molecule has 268 valence electrons. The fourth-order valence-electron chi connectivity index (χ4n) is 4.78. The number of esters is 1. The molecule has 1 heterocycles. The molecule has 5 rings (SSSR count). The third kappa shape index (κ3) is 10.6. The van der Waals surface area contributed by atoms with Gasteiger partial charge >= 0.3 is 12.7 Å². The number of nitrogens with zero attached hydrogens (tertiary/aromatic N) is 2. The van der Waals surface area contributed by atoms with Gasteiger partial charge in [0.2, 0.25) is 12.0 Å². The van der Waals surface area contributed by atoms with Gasteiger partial charge in [-0.2, -0.15) is 10.2 Å². The molecule has 1 fully saturated rings. The van der Waals surface area contributed by atoms with Crippen molar-refractivity contribution in [3.63, 3.8) is 0 Å². The predicted molar refractivity (Wildman–Crippen MR) is 202 cm³/mol. The minimum atomic E-state index is -2.88. The van der Waals surface area contributed by atoms with Gasteiger partial charge in [-0.1, -0.05) is 114 Å². The van der Waals surface area contributed by atoms with Crippen LogP contribution in [0.3, 0.4) is 0 Å². The summed E-state index contributed by atoms with van der Waals surface area (Å²) in [6.45, 7) is 1.00. The lowest BCUT2D eigenvalue weighted by molar-refractivity contribution is -0.149. The molecule has 8 nitrogen and oxygen atoms in total. The minimum Gasteiger partial charge on any atom is -0.454 e. The van der Waals surface area contributed by atoms with Gasteiger partial charge in [0.05, 0.1) is 10.9 Å². The average molecular weight is 833 g/mol. The van der Waals surface area contributed by atoms with Crippen molar-refractivity contribution in [2.45, 2.75) is 20.0 Å². The van der Waals surface area contributed by atoms with Crippen LogP contribution in [0, 0.1) is 34.4 Å². The summed E-state index contributed by atoms with van der Waals surface area (Å²) < 4.78 is 40.6. The molecule has 0 aliphatic heterocycles. The number of hydrogen-bond acceptors (Lipinski definition) is 9. The van der Waals surface area contributed by atoms with E-state index in [0.717, 1.165) is 5.56 Å². The first-order chi connectivity index (χ1) is 24.1. The fourth-order valence-corrected chi connectivity index (χ4v) is 6.62. The Labute approximate surface area is 325 Å². The first-order valence-corrected chi connectivity index (χ1v) is 19.2. The number of aromatic nitrogens is 1. The first-order valence-electron chi connectivity index (χ1n) is 14.8. The molecule has 51 heavy (non-hydrogen) atoms. The highest BCUT2D eigenvalue weighted by Gasteiger charge is 2.62. The maximum absolute atomic E-state index is 14.3. The zero-order valence-corrected chi connectivity index (χ0v) is 32.8. The molecule has 3 atom stereocenters. The van der Waals surface area contributed by atoms with Gasteiger partial charge in [0.15, 0.2) is 16.7 Å². The number of allylic oxidation sites excluding steroid dienone is 1. The Hall–Kier alpha value is -2.94. The summed E-state index contributed by atoms with van der Waals surface area (Å²) in [5, 5.41) is 11.3. The van der Waals surface area contributed by atoms with Crippen LogP contribution < -0.4 is 9.26 Å². The van der Waals surface area contributed by atoms with Crippen molar-refractivity contribution in [1.82, 2.24) is 4.98 Å². The van der Waals surface area contributed by atoms with E-state index >= 15 is 0 Å². The molecule has 1 saturated carbocycles. The van der Waals surface area contributed by atoms with E-state index < -0.39 is 35.9 Å². The van der Waals surface area contributed by atoms with Crippen LogP contribution in [0.25, 0.3) is 5.03 Å². The van der Waals surface area contributed by atoms with Crippen molar-refractivity contribution in [1.29, 1.82) is 5.26 Å². The first kappa shape index (κ1) is 40.8. The molecule has 0 saturated heterocycles. The number of para-hydroxylation sites is 1. The van der Waals surface area contributed by atoms with Crippen molar-refractivity contribution in [3.8, 4) is 23.4 Å². The number of ether oxygens (including phenoxy) is 2. The second kappa shape index (κ2) is 17.7. The van der Waals surface area contributed by atoms with E-state index in [1.807, 2.05) is 32.1 Å². The van der Waals surface area contributed by atoms with E-state index in [2.05, 4.69) is 4.98 Å². The van der Waals surface area contributed by atoms with E-state index in [1.54, 1.807) is 48.5 Å².